The van der Waals surface area contributed by atoms with Crippen LogP contribution < -0.4 is 10.1 Å². The Morgan fingerprint density at radius 2 is 2.04 bits per heavy atom. The average molecular weight is 368 g/mol. The number of carbonyl (C=O) groups is 1. The van der Waals surface area contributed by atoms with Crippen LogP contribution in [0.4, 0.5) is 0 Å². The predicted octanol–water partition coefficient (Wildman–Crippen LogP) is 3.33. The summed E-state index contributed by atoms with van der Waals surface area (Å²) in [6.45, 7) is 9.09. The van der Waals surface area contributed by atoms with Crippen LogP contribution in [-0.4, -0.2) is 20.8 Å². The van der Waals surface area contributed by atoms with Gasteiger partial charge in [0.15, 0.2) is 5.69 Å². The molecule has 0 unspecified atom stereocenters. The summed E-state index contributed by atoms with van der Waals surface area (Å²) in [6, 6.07) is 7.73. The fraction of sp³-hybridized carbons (Fsp3) is 0.350. The number of nitrogens with one attached hydrogen (secondary N) is 1. The first-order valence-corrected chi connectivity index (χ1v) is 8.94. The summed E-state index contributed by atoms with van der Waals surface area (Å²) in [5, 5.41) is 11.2. The maximum absolute atomic E-state index is 12.6. The maximum Gasteiger partial charge on any atom is 0.274 e. The monoisotopic (exact) mass is 368 g/mol. The molecule has 2 heterocycles. The first-order chi connectivity index (χ1) is 13.0. The van der Waals surface area contributed by atoms with Crippen molar-refractivity contribution < 1.29 is 14.1 Å². The van der Waals surface area contributed by atoms with Gasteiger partial charge >= 0.3 is 0 Å². The molecule has 1 N–H and O–H groups in total. The van der Waals surface area contributed by atoms with E-state index in [1.54, 1.807) is 6.92 Å². The molecule has 0 radical (unpaired) electrons. The van der Waals surface area contributed by atoms with Crippen molar-refractivity contribution in [1.29, 1.82) is 0 Å². The molecule has 0 spiro atoms. The van der Waals surface area contributed by atoms with E-state index in [1.165, 1.54) is 0 Å². The zero-order chi connectivity index (χ0) is 19.4. The highest BCUT2D eigenvalue weighted by atomic mass is 16.5. The van der Waals surface area contributed by atoms with Crippen molar-refractivity contribution >= 4 is 5.91 Å². The van der Waals surface area contributed by atoms with Crippen LogP contribution in [0.1, 0.15) is 45.6 Å². The third kappa shape index (κ3) is 4.19. The second-order valence-corrected chi connectivity index (χ2v) is 6.40. The molecule has 0 saturated carbocycles. The number of hydrogen-bond acceptors (Lipinski definition) is 5. The first kappa shape index (κ1) is 18.7. The van der Waals surface area contributed by atoms with Crippen molar-refractivity contribution in [2.24, 2.45) is 0 Å². The van der Waals surface area contributed by atoms with E-state index in [0.717, 1.165) is 29.1 Å². The van der Waals surface area contributed by atoms with Gasteiger partial charge < -0.3 is 14.6 Å². The molecule has 0 fully saturated rings. The number of ether oxygens (including phenoxy) is 1. The van der Waals surface area contributed by atoms with E-state index in [2.05, 4.69) is 15.6 Å². The highest BCUT2D eigenvalue weighted by molar-refractivity contribution is 5.93. The molecule has 0 aliphatic carbocycles. The van der Waals surface area contributed by atoms with Crippen LogP contribution in [0.5, 0.6) is 5.75 Å². The second kappa shape index (κ2) is 8.07. The first-order valence-electron chi connectivity index (χ1n) is 8.94. The van der Waals surface area contributed by atoms with Gasteiger partial charge in [-0.15, -0.1) is 0 Å². The number of hydrogen-bond donors (Lipinski definition) is 1. The minimum Gasteiger partial charge on any atom is -0.488 e. The molecular formula is C20H24N4O3. The fourth-order valence-electron chi connectivity index (χ4n) is 2.76. The summed E-state index contributed by atoms with van der Waals surface area (Å²) in [7, 11) is 0. The largest absolute Gasteiger partial charge is 0.488 e. The van der Waals surface area contributed by atoms with Crippen LogP contribution in [0, 0.1) is 20.8 Å². The van der Waals surface area contributed by atoms with Crippen LogP contribution in [0.15, 0.2) is 35.0 Å². The normalized spacial score (nSPS) is 10.8. The van der Waals surface area contributed by atoms with Gasteiger partial charge in [-0.25, -0.2) is 0 Å². The average Bonchev–Trinajstić information content (AvgIpc) is 3.21. The molecule has 7 heteroatoms. The van der Waals surface area contributed by atoms with E-state index >= 15 is 0 Å². The molecule has 0 atom stereocenters. The quantitative estimate of drug-likeness (QED) is 0.692. The van der Waals surface area contributed by atoms with Crippen LogP contribution >= 0.6 is 0 Å². The smallest absolute Gasteiger partial charge is 0.274 e. The topological polar surface area (TPSA) is 82.2 Å². The molecular weight excluding hydrogens is 344 g/mol. The van der Waals surface area contributed by atoms with Gasteiger partial charge in [0.05, 0.1) is 11.3 Å². The van der Waals surface area contributed by atoms with E-state index in [-0.39, 0.29) is 18.2 Å². The maximum atomic E-state index is 12.6. The lowest BCUT2D eigenvalue weighted by atomic mass is 10.2. The van der Waals surface area contributed by atoms with E-state index < -0.39 is 0 Å². The van der Waals surface area contributed by atoms with Gasteiger partial charge in [-0.2, -0.15) is 5.10 Å². The molecule has 7 nitrogen and oxygen atoms in total. The van der Waals surface area contributed by atoms with Crippen molar-refractivity contribution in [3.05, 3.63) is 64.3 Å². The Morgan fingerprint density at radius 1 is 1.26 bits per heavy atom. The van der Waals surface area contributed by atoms with Gasteiger partial charge in [-0.3, -0.25) is 9.48 Å². The van der Waals surface area contributed by atoms with Crippen LogP contribution in [0.2, 0.25) is 0 Å². The SMILES string of the molecule is CCn1cc(CNC(=O)c2noc(C)c2COc2ccccc2C)c(C)n1. The third-order valence-electron chi connectivity index (χ3n) is 4.48. The van der Waals surface area contributed by atoms with Gasteiger partial charge in [-0.05, 0) is 39.3 Å². The number of rotatable bonds is 7. The van der Waals surface area contributed by atoms with Crippen molar-refractivity contribution in [3.63, 3.8) is 0 Å². The van der Waals surface area contributed by atoms with Crippen LogP contribution in [0.3, 0.4) is 0 Å². The molecule has 0 saturated heterocycles. The summed E-state index contributed by atoms with van der Waals surface area (Å²) in [6.07, 6.45) is 1.94. The molecule has 3 aromatic rings. The highest BCUT2D eigenvalue weighted by Crippen LogP contribution is 2.21. The minimum absolute atomic E-state index is 0.218. The van der Waals surface area contributed by atoms with E-state index in [4.69, 9.17) is 9.26 Å². The molecule has 1 amide bonds. The Morgan fingerprint density at radius 3 is 2.74 bits per heavy atom. The Bertz CT molecular complexity index is 943. The summed E-state index contributed by atoms with van der Waals surface area (Å²) >= 11 is 0. The number of aromatic nitrogens is 3. The Kier molecular flexibility index (Phi) is 5.59. The molecule has 0 aliphatic heterocycles. The van der Waals surface area contributed by atoms with Crippen molar-refractivity contribution in [3.8, 4) is 5.75 Å². The lowest BCUT2D eigenvalue weighted by Gasteiger charge is -2.09. The molecule has 142 valence electrons. The molecule has 0 bridgehead atoms. The molecule has 2 aromatic heterocycles. The Balaban J connectivity index is 1.68. The summed E-state index contributed by atoms with van der Waals surface area (Å²) in [4.78, 5) is 12.6. The van der Waals surface area contributed by atoms with Crippen molar-refractivity contribution in [1.82, 2.24) is 20.3 Å². The standard InChI is InChI=1S/C20H24N4O3/c1-5-24-11-16(14(3)22-24)10-21-20(25)19-17(15(4)27-23-19)12-26-18-9-7-6-8-13(18)2/h6-9,11H,5,10,12H2,1-4H3,(H,21,25). The molecule has 3 rings (SSSR count). The van der Waals surface area contributed by atoms with E-state index in [0.29, 0.717) is 17.9 Å². The van der Waals surface area contributed by atoms with Crippen molar-refractivity contribution in [2.45, 2.75) is 47.4 Å². The van der Waals surface area contributed by atoms with Gasteiger partial charge in [0.1, 0.15) is 18.1 Å². The van der Waals surface area contributed by atoms with Crippen molar-refractivity contribution in [2.75, 3.05) is 0 Å². The number of para-hydroxylation sites is 1. The van der Waals surface area contributed by atoms with E-state index in [1.807, 2.05) is 55.9 Å². The highest BCUT2D eigenvalue weighted by Gasteiger charge is 2.21. The lowest BCUT2D eigenvalue weighted by molar-refractivity contribution is 0.0939. The summed E-state index contributed by atoms with van der Waals surface area (Å²) in [5.74, 6) is 1.05. The Hall–Kier alpha value is -3.09. The zero-order valence-corrected chi connectivity index (χ0v) is 16.1. The molecule has 0 aliphatic rings. The molecule has 1 aromatic carbocycles. The van der Waals surface area contributed by atoms with E-state index in [9.17, 15) is 4.79 Å². The van der Waals surface area contributed by atoms with Crippen LogP contribution in [0.25, 0.3) is 0 Å². The number of nitrogens with zero attached hydrogens (tertiary/aromatic N) is 3. The van der Waals surface area contributed by atoms with Gasteiger partial charge in [0, 0.05) is 24.8 Å². The zero-order valence-electron chi connectivity index (χ0n) is 16.1. The van der Waals surface area contributed by atoms with Gasteiger partial charge in [-0.1, -0.05) is 23.4 Å². The van der Waals surface area contributed by atoms with Gasteiger partial charge in [0.25, 0.3) is 5.91 Å². The number of carbonyl (C=O) groups excluding carboxylic acids is 1. The fourth-order valence-corrected chi connectivity index (χ4v) is 2.76. The number of amides is 1. The van der Waals surface area contributed by atoms with Crippen LogP contribution in [-0.2, 0) is 19.7 Å². The second-order valence-electron chi connectivity index (χ2n) is 6.40. The number of aryl methyl sites for hydroxylation is 4. The summed E-state index contributed by atoms with van der Waals surface area (Å²) in [5.41, 5.74) is 3.80. The predicted molar refractivity (Wildman–Crippen MR) is 101 cm³/mol. The van der Waals surface area contributed by atoms with Gasteiger partial charge in [0.2, 0.25) is 0 Å². The minimum atomic E-state index is -0.293. The Labute approximate surface area is 158 Å². The third-order valence-corrected chi connectivity index (χ3v) is 4.48. The molecule has 27 heavy (non-hydrogen) atoms. The number of benzene rings is 1. The summed E-state index contributed by atoms with van der Waals surface area (Å²) < 4.78 is 12.9. The lowest BCUT2D eigenvalue weighted by Crippen LogP contribution is -2.24.